The van der Waals surface area contributed by atoms with Gasteiger partial charge >= 0.3 is 0 Å². The van der Waals surface area contributed by atoms with Crippen molar-refractivity contribution in [2.45, 2.75) is 25.8 Å². The van der Waals surface area contributed by atoms with E-state index in [9.17, 15) is 9.18 Å². The van der Waals surface area contributed by atoms with Gasteiger partial charge in [0, 0.05) is 32.2 Å². The molecule has 4 rings (SSSR count). The maximum Gasteiger partial charge on any atom is 0.226 e. The molecule has 2 aromatic carbocycles. The van der Waals surface area contributed by atoms with Crippen molar-refractivity contribution in [1.29, 1.82) is 0 Å². The van der Waals surface area contributed by atoms with Crippen LogP contribution in [0.3, 0.4) is 0 Å². The smallest absolute Gasteiger partial charge is 0.226 e. The van der Waals surface area contributed by atoms with Crippen molar-refractivity contribution < 1.29 is 13.9 Å². The Morgan fingerprint density at radius 3 is 2.47 bits per heavy atom. The van der Waals surface area contributed by atoms with Gasteiger partial charge in [-0.1, -0.05) is 36.4 Å². The average Bonchev–Trinajstić information content (AvgIpc) is 2.79. The van der Waals surface area contributed by atoms with Crippen molar-refractivity contribution in [2.75, 3.05) is 13.2 Å². The number of carbonyl (C=O) groups excluding carboxylic acids is 1. The van der Waals surface area contributed by atoms with Gasteiger partial charge in [0.05, 0.1) is 5.41 Å². The molecule has 4 nitrogen and oxygen atoms in total. The van der Waals surface area contributed by atoms with Crippen LogP contribution < -0.4 is 5.32 Å². The van der Waals surface area contributed by atoms with Crippen LogP contribution in [-0.4, -0.2) is 24.1 Å². The van der Waals surface area contributed by atoms with Gasteiger partial charge in [-0.2, -0.15) is 0 Å². The van der Waals surface area contributed by atoms with Crippen LogP contribution in [0.25, 0.3) is 11.1 Å². The summed E-state index contributed by atoms with van der Waals surface area (Å²) < 4.78 is 19.0. The largest absolute Gasteiger partial charge is 0.381 e. The van der Waals surface area contributed by atoms with E-state index in [1.165, 1.54) is 12.1 Å². The highest BCUT2D eigenvalue weighted by Gasteiger charge is 2.40. The third-order valence-corrected chi connectivity index (χ3v) is 5.76. The molecule has 1 aromatic heterocycles. The molecular weight excluding hydrogens is 379 g/mol. The Bertz CT molecular complexity index is 1000. The fraction of sp³-hybridized carbons (Fsp3) is 0.280. The molecule has 1 fully saturated rings. The van der Waals surface area contributed by atoms with Crippen LogP contribution in [0.4, 0.5) is 4.39 Å². The van der Waals surface area contributed by atoms with Crippen LogP contribution in [0.15, 0.2) is 73.1 Å². The van der Waals surface area contributed by atoms with E-state index in [0.717, 1.165) is 22.3 Å². The van der Waals surface area contributed by atoms with Crippen LogP contribution in [0.5, 0.6) is 0 Å². The molecule has 154 valence electrons. The minimum Gasteiger partial charge on any atom is -0.381 e. The number of aromatic nitrogens is 1. The van der Waals surface area contributed by atoms with E-state index in [-0.39, 0.29) is 11.7 Å². The van der Waals surface area contributed by atoms with Crippen molar-refractivity contribution in [2.24, 2.45) is 5.41 Å². The zero-order valence-electron chi connectivity index (χ0n) is 16.8. The molecule has 1 N–H and O–H groups in total. The van der Waals surface area contributed by atoms with Crippen LogP contribution in [-0.2, 0) is 22.5 Å². The zero-order valence-corrected chi connectivity index (χ0v) is 16.8. The maximum absolute atomic E-state index is 13.5. The lowest BCUT2D eigenvalue weighted by Gasteiger charge is -2.36. The molecule has 0 bridgehead atoms. The van der Waals surface area contributed by atoms with E-state index in [0.29, 0.717) is 39.0 Å². The van der Waals surface area contributed by atoms with Gasteiger partial charge in [-0.05, 0) is 65.8 Å². The number of halogens is 1. The van der Waals surface area contributed by atoms with Gasteiger partial charge < -0.3 is 10.1 Å². The maximum atomic E-state index is 13.5. The van der Waals surface area contributed by atoms with Crippen molar-refractivity contribution in [3.05, 3.63) is 90.0 Å². The second kappa shape index (κ2) is 9.18. The van der Waals surface area contributed by atoms with Gasteiger partial charge in [0.25, 0.3) is 0 Å². The number of pyridine rings is 1. The van der Waals surface area contributed by atoms with Crippen LogP contribution >= 0.6 is 0 Å². The summed E-state index contributed by atoms with van der Waals surface area (Å²) in [5.41, 5.74) is 3.56. The molecule has 0 saturated carbocycles. The highest BCUT2D eigenvalue weighted by Crippen LogP contribution is 2.35. The first-order valence-corrected chi connectivity index (χ1v) is 10.2. The van der Waals surface area contributed by atoms with Crippen molar-refractivity contribution >= 4 is 5.91 Å². The zero-order chi connectivity index (χ0) is 20.8. The molecule has 30 heavy (non-hydrogen) atoms. The second-order valence-corrected chi connectivity index (χ2v) is 7.82. The topological polar surface area (TPSA) is 51.2 Å². The SMILES string of the molecule is O=C(NCc1cccc(F)c1)C1(Cc2cccc(-c3ccncc3)c2)CCOCC1. The molecule has 2 heterocycles. The minimum absolute atomic E-state index is 0.00405. The molecule has 0 spiro atoms. The number of amides is 1. The fourth-order valence-electron chi connectivity index (χ4n) is 4.06. The Kier molecular flexibility index (Phi) is 6.19. The lowest BCUT2D eigenvalue weighted by atomic mass is 9.74. The van der Waals surface area contributed by atoms with E-state index < -0.39 is 5.41 Å². The number of nitrogens with one attached hydrogen (secondary N) is 1. The third-order valence-electron chi connectivity index (χ3n) is 5.76. The van der Waals surface area contributed by atoms with E-state index >= 15 is 0 Å². The number of ether oxygens (including phenoxy) is 1. The summed E-state index contributed by atoms with van der Waals surface area (Å²) in [6.07, 6.45) is 5.54. The molecule has 0 atom stereocenters. The van der Waals surface area contributed by atoms with Gasteiger partial charge in [0.1, 0.15) is 5.82 Å². The minimum atomic E-state index is -0.525. The lowest BCUT2D eigenvalue weighted by molar-refractivity contribution is -0.136. The summed E-state index contributed by atoms with van der Waals surface area (Å²) in [6.45, 7) is 1.45. The third kappa shape index (κ3) is 4.74. The van der Waals surface area contributed by atoms with E-state index in [1.54, 1.807) is 18.5 Å². The summed E-state index contributed by atoms with van der Waals surface area (Å²) in [5, 5.41) is 3.03. The Hall–Kier alpha value is -3.05. The number of benzene rings is 2. The van der Waals surface area contributed by atoms with Gasteiger partial charge in [-0.3, -0.25) is 9.78 Å². The van der Waals surface area contributed by atoms with Crippen LogP contribution in [0, 0.1) is 11.2 Å². The van der Waals surface area contributed by atoms with E-state index in [4.69, 9.17) is 4.74 Å². The van der Waals surface area contributed by atoms with Gasteiger partial charge in [-0.25, -0.2) is 4.39 Å². The Balaban J connectivity index is 1.53. The quantitative estimate of drug-likeness (QED) is 0.656. The van der Waals surface area contributed by atoms with Gasteiger partial charge in [0.15, 0.2) is 0 Å². The molecule has 0 unspecified atom stereocenters. The highest BCUT2D eigenvalue weighted by atomic mass is 19.1. The second-order valence-electron chi connectivity index (χ2n) is 7.82. The monoisotopic (exact) mass is 404 g/mol. The number of hydrogen-bond donors (Lipinski definition) is 1. The number of nitrogens with zero attached hydrogens (tertiary/aromatic N) is 1. The predicted octanol–water partition coefficient (Wildman–Crippen LogP) is 4.54. The van der Waals surface area contributed by atoms with Crippen molar-refractivity contribution in [3.63, 3.8) is 0 Å². The molecular formula is C25H25FN2O2. The molecule has 0 radical (unpaired) electrons. The Labute approximate surface area is 176 Å². The Morgan fingerprint density at radius 1 is 0.967 bits per heavy atom. The van der Waals surface area contributed by atoms with Crippen molar-refractivity contribution in [3.8, 4) is 11.1 Å². The normalized spacial score (nSPS) is 15.5. The molecule has 0 aliphatic carbocycles. The summed E-state index contributed by atoms with van der Waals surface area (Å²) >= 11 is 0. The van der Waals surface area contributed by atoms with E-state index in [1.807, 2.05) is 24.3 Å². The summed E-state index contributed by atoms with van der Waals surface area (Å²) in [7, 11) is 0. The van der Waals surface area contributed by atoms with Crippen molar-refractivity contribution in [1.82, 2.24) is 10.3 Å². The molecule has 3 aromatic rings. The predicted molar refractivity (Wildman–Crippen MR) is 114 cm³/mol. The molecule has 5 heteroatoms. The first-order valence-electron chi connectivity index (χ1n) is 10.2. The van der Waals surface area contributed by atoms with Crippen LogP contribution in [0.1, 0.15) is 24.0 Å². The summed E-state index contributed by atoms with van der Waals surface area (Å²) in [6, 6.07) is 18.6. The number of rotatable bonds is 6. The molecule has 1 aliphatic heterocycles. The average molecular weight is 404 g/mol. The number of hydrogen-bond acceptors (Lipinski definition) is 3. The molecule has 1 saturated heterocycles. The van der Waals surface area contributed by atoms with Gasteiger partial charge in [0.2, 0.25) is 5.91 Å². The van der Waals surface area contributed by atoms with Crippen LogP contribution in [0.2, 0.25) is 0 Å². The lowest BCUT2D eigenvalue weighted by Crippen LogP contribution is -2.45. The standard InChI is InChI=1S/C25H25FN2O2/c26-23-6-2-4-20(16-23)18-28-24(29)25(9-13-30-14-10-25)17-19-3-1-5-22(15-19)21-7-11-27-12-8-21/h1-8,11-12,15-16H,9-10,13-14,17-18H2,(H,28,29). The molecule has 1 aliphatic rings. The molecule has 1 amide bonds. The fourth-order valence-corrected chi connectivity index (χ4v) is 4.06. The summed E-state index contributed by atoms with van der Waals surface area (Å²) in [4.78, 5) is 17.4. The van der Waals surface area contributed by atoms with Gasteiger partial charge in [-0.15, -0.1) is 0 Å². The first kappa shape index (κ1) is 20.2. The van der Waals surface area contributed by atoms with E-state index in [2.05, 4.69) is 28.5 Å². The highest BCUT2D eigenvalue weighted by molar-refractivity contribution is 5.83. The summed E-state index contributed by atoms with van der Waals surface area (Å²) in [5.74, 6) is -0.292. The number of carbonyl (C=O) groups is 1. The Morgan fingerprint density at radius 2 is 1.70 bits per heavy atom. The first-order chi connectivity index (χ1) is 14.6.